The van der Waals surface area contributed by atoms with Crippen molar-refractivity contribution in [3.8, 4) is 0 Å². The summed E-state index contributed by atoms with van der Waals surface area (Å²) < 4.78 is 37.3. The van der Waals surface area contributed by atoms with E-state index in [1.165, 1.54) is 12.1 Å². The molecule has 9 heteroatoms. The first-order valence-electron chi connectivity index (χ1n) is 5.59. The quantitative estimate of drug-likeness (QED) is 0.899. The van der Waals surface area contributed by atoms with E-state index in [9.17, 15) is 18.0 Å². The Balaban J connectivity index is 2.06. The third-order valence-electron chi connectivity index (χ3n) is 2.63. The van der Waals surface area contributed by atoms with Crippen LogP contribution >= 0.6 is 0 Å². The maximum absolute atomic E-state index is 12.4. The lowest BCUT2D eigenvalue weighted by Gasteiger charge is -2.14. The van der Waals surface area contributed by atoms with E-state index in [2.05, 4.69) is 25.9 Å². The van der Waals surface area contributed by atoms with Crippen molar-refractivity contribution in [3.63, 3.8) is 0 Å². The topological polar surface area (TPSA) is 83.6 Å². The number of hydrogen-bond acceptors (Lipinski definition) is 4. The van der Waals surface area contributed by atoms with Gasteiger partial charge >= 0.3 is 6.18 Å². The average molecular weight is 285 g/mol. The fraction of sp³-hybridized carbons (Fsp3) is 0.273. The van der Waals surface area contributed by atoms with Gasteiger partial charge in [0.1, 0.15) is 0 Å². The van der Waals surface area contributed by atoms with Gasteiger partial charge in [0.25, 0.3) is 11.7 Å². The van der Waals surface area contributed by atoms with Crippen LogP contribution in [0.25, 0.3) is 0 Å². The van der Waals surface area contributed by atoms with Crippen molar-refractivity contribution in [3.05, 3.63) is 41.2 Å². The highest BCUT2D eigenvalue weighted by atomic mass is 19.4. The van der Waals surface area contributed by atoms with Gasteiger partial charge in [0.15, 0.2) is 0 Å². The van der Waals surface area contributed by atoms with E-state index < -0.39 is 23.7 Å². The Labute approximate surface area is 111 Å². The number of halogens is 3. The normalized spacial score (nSPS) is 13.0. The summed E-state index contributed by atoms with van der Waals surface area (Å²) in [5.41, 5.74) is -0.201. The first kappa shape index (κ1) is 14.0. The molecule has 1 atom stereocenters. The van der Waals surface area contributed by atoms with Gasteiger partial charge in [0.2, 0.25) is 0 Å². The summed E-state index contributed by atoms with van der Waals surface area (Å²) in [6.07, 6.45) is -4.38. The van der Waals surface area contributed by atoms with Crippen LogP contribution < -0.4 is 5.32 Å². The van der Waals surface area contributed by atoms with Crippen LogP contribution in [0.1, 0.15) is 34.7 Å². The summed E-state index contributed by atoms with van der Waals surface area (Å²) >= 11 is 0. The second-order valence-corrected chi connectivity index (χ2v) is 4.05. The molecule has 2 N–H and O–H groups in total. The lowest BCUT2D eigenvalue weighted by atomic mass is 10.1. The number of H-pyrrole nitrogens is 1. The number of benzene rings is 1. The van der Waals surface area contributed by atoms with E-state index in [4.69, 9.17) is 0 Å². The molecule has 0 aliphatic carbocycles. The predicted octanol–water partition coefficient (Wildman–Crippen LogP) is 1.71. The van der Waals surface area contributed by atoms with E-state index in [1.807, 2.05) is 0 Å². The molecule has 0 bridgehead atoms. The molecule has 0 radical (unpaired) electrons. The standard InChI is InChI=1S/C11H10F3N5O/c1-6(15-10(20)9-16-18-19-17-9)7-2-4-8(5-3-7)11(12,13)14/h2-6H,1H3,(H,15,20)(H,16,17,18,19). The van der Waals surface area contributed by atoms with E-state index in [0.29, 0.717) is 5.56 Å². The van der Waals surface area contributed by atoms with E-state index in [0.717, 1.165) is 12.1 Å². The van der Waals surface area contributed by atoms with Crippen LogP contribution in [0.5, 0.6) is 0 Å². The van der Waals surface area contributed by atoms with Gasteiger partial charge in [-0.1, -0.05) is 12.1 Å². The van der Waals surface area contributed by atoms with Gasteiger partial charge in [0, 0.05) is 0 Å². The molecule has 0 saturated carbocycles. The first-order valence-corrected chi connectivity index (χ1v) is 5.59. The number of carbonyl (C=O) groups is 1. The Bertz CT molecular complexity index is 579. The highest BCUT2D eigenvalue weighted by molar-refractivity contribution is 5.90. The molecule has 0 saturated heterocycles. The number of aromatic amines is 1. The minimum Gasteiger partial charge on any atom is -0.343 e. The number of aromatic nitrogens is 4. The molecule has 6 nitrogen and oxygen atoms in total. The summed E-state index contributed by atoms with van der Waals surface area (Å²) in [6, 6.07) is 4.07. The molecule has 1 unspecified atom stereocenters. The average Bonchev–Trinajstić information content (AvgIpc) is 2.91. The summed E-state index contributed by atoms with van der Waals surface area (Å²) in [4.78, 5) is 11.6. The lowest BCUT2D eigenvalue weighted by Crippen LogP contribution is -2.27. The van der Waals surface area contributed by atoms with Gasteiger partial charge in [-0.25, -0.2) is 0 Å². The van der Waals surface area contributed by atoms with Crippen LogP contribution in [0.3, 0.4) is 0 Å². The Morgan fingerprint density at radius 3 is 2.45 bits per heavy atom. The van der Waals surface area contributed by atoms with Gasteiger partial charge in [-0.05, 0) is 29.8 Å². The molecule has 20 heavy (non-hydrogen) atoms. The summed E-state index contributed by atoms with van der Waals surface area (Å²) in [6.45, 7) is 1.64. The number of nitrogens with one attached hydrogen (secondary N) is 2. The Morgan fingerprint density at radius 1 is 1.30 bits per heavy atom. The van der Waals surface area contributed by atoms with Crippen LogP contribution in [0.2, 0.25) is 0 Å². The molecule has 0 aliphatic rings. The third kappa shape index (κ3) is 3.11. The number of rotatable bonds is 3. The molecule has 1 heterocycles. The molecule has 0 fully saturated rings. The van der Waals surface area contributed by atoms with Gasteiger partial charge in [-0.15, -0.1) is 10.2 Å². The zero-order valence-corrected chi connectivity index (χ0v) is 10.3. The Hall–Kier alpha value is -2.45. The van der Waals surface area contributed by atoms with Crippen molar-refractivity contribution in [2.45, 2.75) is 19.1 Å². The number of tetrazole rings is 1. The molecule has 1 amide bonds. The van der Waals surface area contributed by atoms with Crippen molar-refractivity contribution in [1.82, 2.24) is 25.9 Å². The van der Waals surface area contributed by atoms with Crippen LogP contribution in [0, 0.1) is 0 Å². The van der Waals surface area contributed by atoms with Gasteiger partial charge in [-0.2, -0.15) is 18.4 Å². The fourth-order valence-electron chi connectivity index (χ4n) is 1.56. The van der Waals surface area contributed by atoms with Crippen LogP contribution in [0.4, 0.5) is 13.2 Å². The van der Waals surface area contributed by atoms with Crippen LogP contribution in [-0.2, 0) is 6.18 Å². The minimum absolute atomic E-state index is 0.135. The number of alkyl halides is 3. The number of amides is 1. The smallest absolute Gasteiger partial charge is 0.343 e. The van der Waals surface area contributed by atoms with Crippen molar-refractivity contribution in [2.75, 3.05) is 0 Å². The second kappa shape index (κ2) is 5.27. The summed E-state index contributed by atoms with van der Waals surface area (Å²) in [5, 5.41) is 14.9. The largest absolute Gasteiger partial charge is 0.416 e. The van der Waals surface area contributed by atoms with Crippen molar-refractivity contribution in [2.24, 2.45) is 0 Å². The van der Waals surface area contributed by atoms with E-state index in [-0.39, 0.29) is 5.82 Å². The zero-order chi connectivity index (χ0) is 14.8. The summed E-state index contributed by atoms with van der Waals surface area (Å²) in [7, 11) is 0. The monoisotopic (exact) mass is 285 g/mol. The highest BCUT2D eigenvalue weighted by Crippen LogP contribution is 2.29. The van der Waals surface area contributed by atoms with Gasteiger partial charge in [-0.3, -0.25) is 4.79 Å². The second-order valence-electron chi connectivity index (χ2n) is 4.05. The van der Waals surface area contributed by atoms with E-state index in [1.54, 1.807) is 6.92 Å². The predicted molar refractivity (Wildman–Crippen MR) is 61.5 cm³/mol. The third-order valence-corrected chi connectivity index (χ3v) is 2.63. The van der Waals surface area contributed by atoms with Crippen molar-refractivity contribution >= 4 is 5.91 Å². The number of hydrogen-bond donors (Lipinski definition) is 2. The maximum Gasteiger partial charge on any atom is 0.416 e. The van der Waals surface area contributed by atoms with Crippen LogP contribution in [-0.4, -0.2) is 26.5 Å². The SMILES string of the molecule is CC(NC(=O)c1nn[nH]n1)c1ccc(C(F)(F)F)cc1. The highest BCUT2D eigenvalue weighted by Gasteiger charge is 2.30. The molecule has 1 aromatic heterocycles. The van der Waals surface area contributed by atoms with E-state index >= 15 is 0 Å². The van der Waals surface area contributed by atoms with Crippen molar-refractivity contribution in [1.29, 1.82) is 0 Å². The number of nitrogens with zero attached hydrogens (tertiary/aromatic N) is 3. The molecule has 2 aromatic rings. The maximum atomic E-state index is 12.4. The molecule has 0 spiro atoms. The Kier molecular flexibility index (Phi) is 3.68. The molecule has 106 valence electrons. The van der Waals surface area contributed by atoms with Gasteiger partial charge < -0.3 is 5.32 Å². The molecule has 1 aromatic carbocycles. The lowest BCUT2D eigenvalue weighted by molar-refractivity contribution is -0.137. The van der Waals surface area contributed by atoms with Crippen LogP contribution in [0.15, 0.2) is 24.3 Å². The number of carbonyl (C=O) groups excluding carboxylic acids is 1. The minimum atomic E-state index is -4.38. The molecular formula is C11H10F3N5O. The molecular weight excluding hydrogens is 275 g/mol. The molecule has 0 aliphatic heterocycles. The van der Waals surface area contributed by atoms with Gasteiger partial charge in [0.05, 0.1) is 11.6 Å². The molecule has 2 rings (SSSR count). The van der Waals surface area contributed by atoms with Crippen molar-refractivity contribution < 1.29 is 18.0 Å². The zero-order valence-electron chi connectivity index (χ0n) is 10.3. The summed E-state index contributed by atoms with van der Waals surface area (Å²) in [5.74, 6) is -0.699. The first-order chi connectivity index (χ1) is 9.38. The Morgan fingerprint density at radius 2 is 1.95 bits per heavy atom. The fourth-order valence-corrected chi connectivity index (χ4v) is 1.56.